The molecule has 0 radical (unpaired) electrons. The number of aromatic nitrogens is 1. The van der Waals surface area contributed by atoms with E-state index < -0.39 is 0 Å². The zero-order valence-electron chi connectivity index (χ0n) is 10.8. The van der Waals surface area contributed by atoms with Crippen molar-refractivity contribution in [3.05, 3.63) is 68.8 Å². The van der Waals surface area contributed by atoms with E-state index in [2.05, 4.69) is 4.98 Å². The number of nitrogens with zero attached hydrogens (tertiary/aromatic N) is 1. The standard InChI is InChI=1S/C16H9ClN2OS/c17-11-5-3-10(4-6-11)14-8-12(15-2-1-7-21-15)13(9-18)16(20)19-14/h1-8H,(H,19,20). The average Bonchev–Trinajstić information content (AvgIpc) is 3.01. The summed E-state index contributed by atoms with van der Waals surface area (Å²) in [4.78, 5) is 15.8. The molecule has 0 aliphatic heterocycles. The molecule has 0 unspecified atom stereocenters. The highest BCUT2D eigenvalue weighted by atomic mass is 35.5. The normalized spacial score (nSPS) is 10.3. The van der Waals surface area contributed by atoms with Crippen molar-refractivity contribution >= 4 is 22.9 Å². The molecule has 0 aliphatic carbocycles. The molecule has 2 heterocycles. The van der Waals surface area contributed by atoms with Gasteiger partial charge in [-0.2, -0.15) is 5.26 Å². The fraction of sp³-hybridized carbons (Fsp3) is 0. The van der Waals surface area contributed by atoms with Crippen molar-refractivity contribution in [1.29, 1.82) is 5.26 Å². The van der Waals surface area contributed by atoms with Crippen LogP contribution in [0, 0.1) is 11.3 Å². The van der Waals surface area contributed by atoms with Crippen molar-refractivity contribution in [2.75, 3.05) is 0 Å². The number of halogens is 1. The van der Waals surface area contributed by atoms with Gasteiger partial charge in [-0.1, -0.05) is 29.8 Å². The van der Waals surface area contributed by atoms with Gasteiger partial charge in [0.25, 0.3) is 5.56 Å². The number of rotatable bonds is 2. The van der Waals surface area contributed by atoms with E-state index in [1.165, 1.54) is 11.3 Å². The Hall–Kier alpha value is -2.35. The molecule has 3 aromatic rings. The van der Waals surface area contributed by atoms with Crippen molar-refractivity contribution in [1.82, 2.24) is 4.98 Å². The van der Waals surface area contributed by atoms with Gasteiger partial charge in [-0.05, 0) is 35.2 Å². The van der Waals surface area contributed by atoms with Crippen molar-refractivity contribution in [2.24, 2.45) is 0 Å². The summed E-state index contributed by atoms with van der Waals surface area (Å²) in [6, 6.07) is 14.8. The Morgan fingerprint density at radius 2 is 1.95 bits per heavy atom. The Morgan fingerprint density at radius 3 is 2.57 bits per heavy atom. The lowest BCUT2D eigenvalue weighted by molar-refractivity contribution is 1.22. The van der Waals surface area contributed by atoms with Gasteiger partial charge in [0.15, 0.2) is 0 Å². The van der Waals surface area contributed by atoms with E-state index in [-0.39, 0.29) is 11.1 Å². The number of nitrogens with one attached hydrogen (secondary N) is 1. The van der Waals surface area contributed by atoms with Crippen LogP contribution >= 0.6 is 22.9 Å². The van der Waals surface area contributed by atoms with Gasteiger partial charge in [-0.3, -0.25) is 4.79 Å². The minimum Gasteiger partial charge on any atom is -0.321 e. The van der Waals surface area contributed by atoms with Crippen LogP contribution in [0.2, 0.25) is 5.02 Å². The second kappa shape index (κ2) is 5.57. The van der Waals surface area contributed by atoms with E-state index in [4.69, 9.17) is 11.6 Å². The smallest absolute Gasteiger partial charge is 0.267 e. The Kier molecular flexibility index (Phi) is 3.61. The van der Waals surface area contributed by atoms with Gasteiger partial charge in [0, 0.05) is 21.2 Å². The Morgan fingerprint density at radius 1 is 1.19 bits per heavy atom. The van der Waals surface area contributed by atoms with Crippen LogP contribution in [0.3, 0.4) is 0 Å². The van der Waals surface area contributed by atoms with Crippen LogP contribution < -0.4 is 5.56 Å². The number of aromatic amines is 1. The molecule has 0 spiro atoms. The minimum atomic E-state index is -0.381. The van der Waals surface area contributed by atoms with Crippen molar-refractivity contribution in [2.45, 2.75) is 0 Å². The number of nitriles is 1. The van der Waals surface area contributed by atoms with Gasteiger partial charge in [0.05, 0.1) is 0 Å². The maximum absolute atomic E-state index is 12.1. The lowest BCUT2D eigenvalue weighted by atomic mass is 10.0. The van der Waals surface area contributed by atoms with E-state index >= 15 is 0 Å². The third-order valence-corrected chi connectivity index (χ3v) is 4.24. The van der Waals surface area contributed by atoms with Crippen LogP contribution in [0.5, 0.6) is 0 Å². The molecular weight excluding hydrogens is 304 g/mol. The Bertz CT molecular complexity index is 874. The molecule has 5 heteroatoms. The summed E-state index contributed by atoms with van der Waals surface area (Å²) in [5.41, 5.74) is 1.92. The fourth-order valence-corrected chi connectivity index (χ4v) is 2.96. The Balaban J connectivity index is 2.23. The molecule has 0 saturated carbocycles. The molecule has 3 nitrogen and oxygen atoms in total. The highest BCUT2D eigenvalue weighted by Crippen LogP contribution is 2.29. The lowest BCUT2D eigenvalue weighted by Crippen LogP contribution is -2.12. The predicted octanol–water partition coefficient (Wildman–Crippen LogP) is 4.30. The summed E-state index contributed by atoms with van der Waals surface area (Å²) in [6.07, 6.45) is 0. The molecule has 3 rings (SSSR count). The van der Waals surface area contributed by atoms with Crippen LogP contribution in [0.1, 0.15) is 5.56 Å². The van der Waals surface area contributed by atoms with Gasteiger partial charge >= 0.3 is 0 Å². The minimum absolute atomic E-state index is 0.134. The van der Waals surface area contributed by atoms with Crippen LogP contribution in [-0.2, 0) is 0 Å². The number of hydrogen-bond acceptors (Lipinski definition) is 3. The second-order valence-corrected chi connectivity index (χ2v) is 5.78. The van der Waals surface area contributed by atoms with E-state index in [9.17, 15) is 10.1 Å². The first kappa shape index (κ1) is 13.6. The molecule has 2 aromatic heterocycles. The van der Waals surface area contributed by atoms with E-state index in [1.54, 1.807) is 12.1 Å². The molecule has 0 aliphatic rings. The van der Waals surface area contributed by atoms with Crippen molar-refractivity contribution in [3.8, 4) is 27.8 Å². The third-order valence-electron chi connectivity index (χ3n) is 3.09. The number of thiophene rings is 1. The summed E-state index contributed by atoms with van der Waals surface area (Å²) >= 11 is 7.37. The summed E-state index contributed by atoms with van der Waals surface area (Å²) in [5.74, 6) is 0. The zero-order valence-corrected chi connectivity index (χ0v) is 12.3. The topological polar surface area (TPSA) is 56.6 Å². The summed E-state index contributed by atoms with van der Waals surface area (Å²) in [5, 5.41) is 11.8. The monoisotopic (exact) mass is 312 g/mol. The molecule has 0 bridgehead atoms. The SMILES string of the molecule is N#Cc1c(-c2cccs2)cc(-c2ccc(Cl)cc2)[nH]c1=O. The highest BCUT2D eigenvalue weighted by molar-refractivity contribution is 7.13. The first-order valence-corrected chi connectivity index (χ1v) is 7.42. The molecule has 1 N–H and O–H groups in total. The van der Waals surface area contributed by atoms with Crippen LogP contribution in [-0.4, -0.2) is 4.98 Å². The van der Waals surface area contributed by atoms with Crippen molar-refractivity contribution in [3.63, 3.8) is 0 Å². The highest BCUT2D eigenvalue weighted by Gasteiger charge is 2.13. The van der Waals surface area contributed by atoms with Crippen molar-refractivity contribution < 1.29 is 0 Å². The largest absolute Gasteiger partial charge is 0.321 e. The summed E-state index contributed by atoms with van der Waals surface area (Å²) < 4.78 is 0. The molecule has 0 saturated heterocycles. The van der Waals surface area contributed by atoms with Gasteiger partial charge in [0.2, 0.25) is 0 Å². The fourth-order valence-electron chi connectivity index (χ4n) is 2.08. The van der Waals surface area contributed by atoms with Crippen LogP contribution in [0.25, 0.3) is 21.7 Å². The molecule has 0 fully saturated rings. The van der Waals surface area contributed by atoms with Gasteiger partial charge < -0.3 is 4.98 Å². The number of pyridine rings is 1. The van der Waals surface area contributed by atoms with Crippen LogP contribution in [0.4, 0.5) is 0 Å². The second-order valence-electron chi connectivity index (χ2n) is 4.40. The first-order valence-electron chi connectivity index (χ1n) is 6.16. The van der Waals surface area contributed by atoms with E-state index in [0.717, 1.165) is 10.4 Å². The molecule has 0 atom stereocenters. The van der Waals surface area contributed by atoms with Crippen LogP contribution in [0.15, 0.2) is 52.6 Å². The van der Waals surface area contributed by atoms with E-state index in [0.29, 0.717) is 16.3 Å². The lowest BCUT2D eigenvalue weighted by Gasteiger charge is -2.06. The Labute approximate surface area is 130 Å². The van der Waals surface area contributed by atoms with Gasteiger partial charge in [0.1, 0.15) is 11.6 Å². The molecular formula is C16H9ClN2OS. The predicted molar refractivity (Wildman–Crippen MR) is 85.5 cm³/mol. The number of benzene rings is 1. The maximum atomic E-state index is 12.1. The molecule has 102 valence electrons. The third kappa shape index (κ3) is 2.62. The number of H-pyrrole nitrogens is 1. The molecule has 21 heavy (non-hydrogen) atoms. The van der Waals surface area contributed by atoms with Gasteiger partial charge in [-0.15, -0.1) is 11.3 Å². The maximum Gasteiger partial charge on any atom is 0.267 e. The van der Waals surface area contributed by atoms with Gasteiger partial charge in [-0.25, -0.2) is 0 Å². The summed E-state index contributed by atoms with van der Waals surface area (Å²) in [7, 11) is 0. The summed E-state index contributed by atoms with van der Waals surface area (Å²) in [6.45, 7) is 0. The average molecular weight is 313 g/mol. The molecule has 1 aromatic carbocycles. The van der Waals surface area contributed by atoms with E-state index in [1.807, 2.05) is 41.8 Å². The quantitative estimate of drug-likeness (QED) is 0.767. The molecule has 0 amide bonds. The first-order chi connectivity index (χ1) is 10.2. The number of hydrogen-bond donors (Lipinski definition) is 1. The zero-order chi connectivity index (χ0) is 14.8.